The molecule has 1 aromatic rings. The molecule has 2 aliphatic rings. The van der Waals surface area contributed by atoms with Crippen molar-refractivity contribution in [2.45, 2.75) is 44.8 Å². The molecule has 0 radical (unpaired) electrons. The van der Waals surface area contributed by atoms with Gasteiger partial charge in [0.05, 0.1) is 0 Å². The van der Waals surface area contributed by atoms with E-state index in [2.05, 4.69) is 0 Å². The predicted octanol–water partition coefficient (Wildman–Crippen LogP) is 2.51. The van der Waals surface area contributed by atoms with Gasteiger partial charge in [0.1, 0.15) is 29.0 Å². The van der Waals surface area contributed by atoms with E-state index in [0.717, 1.165) is 0 Å². The van der Waals surface area contributed by atoms with Crippen molar-refractivity contribution in [2.75, 3.05) is 12.4 Å². The van der Waals surface area contributed by atoms with E-state index in [1.807, 2.05) is 18.2 Å². The smallest absolute Gasteiger partial charge is 0.355 e. The van der Waals surface area contributed by atoms with Crippen LogP contribution < -0.4 is 4.74 Å². The second-order valence-corrected chi connectivity index (χ2v) is 8.60. The van der Waals surface area contributed by atoms with E-state index in [1.54, 1.807) is 32.9 Å². The lowest BCUT2D eigenvalue weighted by Gasteiger charge is -2.49. The number of hydrogen-bond acceptors (Lipinski definition) is 7. The first-order valence-corrected chi connectivity index (χ1v) is 9.97. The van der Waals surface area contributed by atoms with Gasteiger partial charge in [-0.3, -0.25) is 14.5 Å². The van der Waals surface area contributed by atoms with E-state index in [4.69, 9.17) is 14.2 Å². The van der Waals surface area contributed by atoms with Crippen LogP contribution in [0.5, 0.6) is 5.75 Å². The first kappa shape index (κ1) is 20.3. The van der Waals surface area contributed by atoms with E-state index in [9.17, 15) is 14.4 Å². The summed E-state index contributed by atoms with van der Waals surface area (Å²) in [5, 5.41) is -0.337. The zero-order chi connectivity index (χ0) is 20.5. The fraction of sp³-hybridized carbons (Fsp3) is 0.450. The highest BCUT2D eigenvalue weighted by Crippen LogP contribution is 2.42. The molecule has 150 valence electrons. The molecule has 2 aliphatic heterocycles. The molecule has 7 nitrogen and oxygen atoms in total. The Morgan fingerprint density at radius 1 is 1.21 bits per heavy atom. The Kier molecular flexibility index (Phi) is 5.69. The Bertz CT molecular complexity index is 814. The van der Waals surface area contributed by atoms with Crippen LogP contribution in [-0.2, 0) is 23.9 Å². The summed E-state index contributed by atoms with van der Waals surface area (Å²) < 4.78 is 16.4. The molecule has 8 heteroatoms. The van der Waals surface area contributed by atoms with Crippen molar-refractivity contribution in [1.29, 1.82) is 0 Å². The lowest BCUT2D eigenvalue weighted by molar-refractivity contribution is -0.163. The van der Waals surface area contributed by atoms with Crippen molar-refractivity contribution in [1.82, 2.24) is 4.90 Å². The van der Waals surface area contributed by atoms with Crippen LogP contribution in [0.2, 0.25) is 0 Å². The average Bonchev–Trinajstić information content (AvgIpc) is 2.62. The van der Waals surface area contributed by atoms with Gasteiger partial charge < -0.3 is 14.2 Å². The van der Waals surface area contributed by atoms with Crippen LogP contribution in [0.1, 0.15) is 27.7 Å². The molecular weight excluding hydrogens is 382 g/mol. The topological polar surface area (TPSA) is 82.1 Å². The lowest BCUT2D eigenvalue weighted by atomic mass is 10.0. The summed E-state index contributed by atoms with van der Waals surface area (Å²) in [6.45, 7) is 6.51. The SMILES string of the molecule is CC(=O)OCC1=C(C(=O)OC(C)(C)C)N2C(=O)[C@H](Oc3ccccc3)[C@H]2SC1. The first-order valence-electron chi connectivity index (χ1n) is 8.92. The fourth-order valence-corrected chi connectivity index (χ4v) is 4.18. The minimum atomic E-state index is -0.718. The van der Waals surface area contributed by atoms with Crippen molar-refractivity contribution in [2.24, 2.45) is 0 Å². The highest BCUT2D eigenvalue weighted by atomic mass is 32.2. The van der Waals surface area contributed by atoms with Crippen molar-refractivity contribution < 1.29 is 28.6 Å². The average molecular weight is 405 g/mol. The van der Waals surface area contributed by atoms with Crippen LogP contribution in [0.3, 0.4) is 0 Å². The summed E-state index contributed by atoms with van der Waals surface area (Å²) in [5.41, 5.74) is -0.0139. The summed E-state index contributed by atoms with van der Waals surface area (Å²) in [6, 6.07) is 9.07. The Morgan fingerprint density at radius 2 is 1.89 bits per heavy atom. The summed E-state index contributed by atoms with van der Waals surface area (Å²) in [4.78, 5) is 38.2. The summed E-state index contributed by atoms with van der Waals surface area (Å²) in [5.74, 6) is -0.350. The van der Waals surface area contributed by atoms with Gasteiger partial charge in [-0.1, -0.05) is 18.2 Å². The van der Waals surface area contributed by atoms with Gasteiger partial charge in [-0.15, -0.1) is 11.8 Å². The zero-order valence-electron chi connectivity index (χ0n) is 16.3. The molecular formula is C20H23NO6S. The summed E-state index contributed by atoms with van der Waals surface area (Å²) in [7, 11) is 0. The maximum atomic E-state index is 12.8. The van der Waals surface area contributed by atoms with Crippen molar-refractivity contribution in [3.8, 4) is 5.75 Å². The number of β-lactam (4-membered cyclic amide) rings is 1. The van der Waals surface area contributed by atoms with Crippen LogP contribution >= 0.6 is 11.8 Å². The fourth-order valence-electron chi connectivity index (χ4n) is 2.88. The van der Waals surface area contributed by atoms with E-state index >= 15 is 0 Å². The summed E-state index contributed by atoms with van der Waals surface area (Å²) >= 11 is 1.47. The third-order valence-corrected chi connectivity index (χ3v) is 5.36. The maximum absolute atomic E-state index is 12.8. The van der Waals surface area contributed by atoms with Gasteiger partial charge in [0.25, 0.3) is 5.91 Å². The number of nitrogens with zero attached hydrogens (tertiary/aromatic N) is 1. The number of amides is 1. The number of carbonyl (C=O) groups is 3. The number of esters is 2. The Morgan fingerprint density at radius 3 is 2.50 bits per heavy atom. The lowest BCUT2D eigenvalue weighted by Crippen LogP contribution is -2.67. The zero-order valence-corrected chi connectivity index (χ0v) is 17.1. The molecule has 2 heterocycles. The molecule has 0 saturated carbocycles. The number of thioether (sulfide) groups is 1. The molecule has 0 aromatic heterocycles. The molecule has 0 aliphatic carbocycles. The van der Waals surface area contributed by atoms with Crippen LogP contribution in [0.15, 0.2) is 41.6 Å². The third kappa shape index (κ3) is 4.32. The molecule has 0 unspecified atom stereocenters. The van der Waals surface area contributed by atoms with E-state index < -0.39 is 23.6 Å². The van der Waals surface area contributed by atoms with Gasteiger partial charge >= 0.3 is 11.9 Å². The Labute approximate surface area is 168 Å². The van der Waals surface area contributed by atoms with Crippen molar-refractivity contribution >= 4 is 29.6 Å². The molecule has 2 atom stereocenters. The predicted molar refractivity (Wildman–Crippen MR) is 103 cm³/mol. The van der Waals surface area contributed by atoms with Crippen molar-refractivity contribution in [3.05, 3.63) is 41.6 Å². The second-order valence-electron chi connectivity index (χ2n) is 7.50. The van der Waals surface area contributed by atoms with Crippen LogP contribution in [0.4, 0.5) is 0 Å². The quantitative estimate of drug-likeness (QED) is 0.550. The normalized spacial score (nSPS) is 21.6. The Hall–Kier alpha value is -2.48. The van der Waals surface area contributed by atoms with E-state index in [0.29, 0.717) is 17.1 Å². The molecule has 0 N–H and O–H groups in total. The molecule has 28 heavy (non-hydrogen) atoms. The number of benzene rings is 1. The Balaban J connectivity index is 1.84. The van der Waals surface area contributed by atoms with Gasteiger partial charge in [0.15, 0.2) is 0 Å². The second kappa shape index (κ2) is 7.87. The minimum Gasteiger partial charge on any atom is -0.477 e. The third-order valence-electron chi connectivity index (χ3n) is 4.05. The number of fused-ring (bicyclic) bond motifs is 1. The minimum absolute atomic E-state index is 0.0579. The van der Waals surface area contributed by atoms with Gasteiger partial charge in [-0.25, -0.2) is 4.79 Å². The van der Waals surface area contributed by atoms with Gasteiger partial charge in [-0.2, -0.15) is 0 Å². The number of rotatable bonds is 5. The molecule has 1 fully saturated rings. The monoisotopic (exact) mass is 405 g/mol. The van der Waals surface area contributed by atoms with Gasteiger partial charge in [0, 0.05) is 18.2 Å². The highest BCUT2D eigenvalue weighted by molar-refractivity contribution is 8.00. The highest BCUT2D eigenvalue weighted by Gasteiger charge is 2.55. The molecule has 0 bridgehead atoms. The maximum Gasteiger partial charge on any atom is 0.355 e. The number of hydrogen-bond donors (Lipinski definition) is 0. The number of ether oxygens (including phenoxy) is 3. The first-order chi connectivity index (χ1) is 13.2. The summed E-state index contributed by atoms with van der Waals surface area (Å²) in [6.07, 6.45) is -0.680. The standard InChI is InChI=1S/C20H23NO6S/c1-12(22)25-10-13-11-28-18-16(26-14-8-6-5-7-9-14)17(23)21(18)15(13)19(24)27-20(2,3)4/h5-9,16,18H,10-11H2,1-4H3/t16-,18+/m0/s1. The van der Waals surface area contributed by atoms with Crippen molar-refractivity contribution in [3.63, 3.8) is 0 Å². The van der Waals surface area contributed by atoms with Crippen LogP contribution in [-0.4, -0.2) is 52.2 Å². The molecule has 0 spiro atoms. The van der Waals surface area contributed by atoms with Crippen LogP contribution in [0.25, 0.3) is 0 Å². The number of para-hydroxylation sites is 1. The molecule has 3 rings (SSSR count). The molecule has 1 saturated heterocycles. The van der Waals surface area contributed by atoms with Crippen LogP contribution in [0, 0.1) is 0 Å². The molecule has 1 aromatic carbocycles. The molecule has 1 amide bonds. The van der Waals surface area contributed by atoms with Gasteiger partial charge in [0.2, 0.25) is 6.10 Å². The van der Waals surface area contributed by atoms with E-state index in [1.165, 1.54) is 23.6 Å². The number of carbonyl (C=O) groups excluding carboxylic acids is 3. The largest absolute Gasteiger partial charge is 0.477 e. The van der Waals surface area contributed by atoms with Gasteiger partial charge in [-0.05, 0) is 32.9 Å². The van der Waals surface area contributed by atoms with E-state index in [-0.39, 0.29) is 23.6 Å².